The van der Waals surface area contributed by atoms with E-state index in [2.05, 4.69) is 27.3 Å². The lowest BCUT2D eigenvalue weighted by Crippen LogP contribution is -2.52. The molecule has 0 unspecified atom stereocenters. The second-order valence-electron chi connectivity index (χ2n) is 6.71. The highest BCUT2D eigenvalue weighted by molar-refractivity contribution is 5.82. The first-order valence-electron chi connectivity index (χ1n) is 8.98. The van der Waals surface area contributed by atoms with Crippen molar-refractivity contribution in [1.29, 1.82) is 0 Å². The van der Waals surface area contributed by atoms with Crippen LogP contribution in [0.5, 0.6) is 0 Å². The molecule has 1 saturated heterocycles. The fraction of sp³-hybridized carbons (Fsp3) is 0.474. The number of aromatic nitrogens is 2. The summed E-state index contributed by atoms with van der Waals surface area (Å²) in [5, 5.41) is 3.03. The van der Waals surface area contributed by atoms with Gasteiger partial charge in [-0.15, -0.1) is 0 Å². The second-order valence-corrected chi connectivity index (χ2v) is 6.71. The number of imidazole rings is 1. The first-order chi connectivity index (χ1) is 12.3. The smallest absolute Gasteiger partial charge is 0.251 e. The largest absolute Gasteiger partial charge is 0.365 e. The molecule has 6 heteroatoms. The summed E-state index contributed by atoms with van der Waals surface area (Å²) in [6.45, 7) is 2.78. The Morgan fingerprint density at radius 1 is 1.28 bits per heavy atom. The van der Waals surface area contributed by atoms with Crippen molar-refractivity contribution in [3.8, 4) is 0 Å². The van der Waals surface area contributed by atoms with Crippen LogP contribution in [0.2, 0.25) is 0 Å². The molecule has 2 atom stereocenters. The normalized spacial score (nSPS) is 24.2. The van der Waals surface area contributed by atoms with Crippen molar-refractivity contribution in [1.82, 2.24) is 19.8 Å². The van der Waals surface area contributed by atoms with Crippen molar-refractivity contribution in [2.45, 2.75) is 37.6 Å². The van der Waals surface area contributed by atoms with Gasteiger partial charge in [0.2, 0.25) is 0 Å². The molecular formula is C19H24N4O2. The average molecular weight is 340 g/mol. The molecule has 6 nitrogen and oxygen atoms in total. The van der Waals surface area contributed by atoms with Gasteiger partial charge in [0, 0.05) is 38.1 Å². The lowest BCUT2D eigenvalue weighted by molar-refractivity contribution is -0.146. The number of hydrogen-bond acceptors (Lipinski definition) is 4. The molecule has 2 aliphatic rings. The highest BCUT2D eigenvalue weighted by Gasteiger charge is 2.43. The summed E-state index contributed by atoms with van der Waals surface area (Å²) < 4.78 is 7.88. The topological polar surface area (TPSA) is 59.4 Å². The third kappa shape index (κ3) is 3.75. The molecule has 25 heavy (non-hydrogen) atoms. The van der Waals surface area contributed by atoms with Gasteiger partial charge in [0.1, 0.15) is 0 Å². The van der Waals surface area contributed by atoms with Crippen molar-refractivity contribution in [2.75, 3.05) is 19.7 Å². The fourth-order valence-electron chi connectivity index (χ4n) is 3.57. The van der Waals surface area contributed by atoms with E-state index in [1.807, 2.05) is 29.0 Å². The highest BCUT2D eigenvalue weighted by Crippen LogP contribution is 2.38. The third-order valence-corrected chi connectivity index (χ3v) is 4.93. The molecule has 2 aromatic rings. The first kappa shape index (κ1) is 16.3. The summed E-state index contributed by atoms with van der Waals surface area (Å²) in [6.07, 6.45) is 7.37. The number of nitrogens with one attached hydrogen (secondary N) is 1. The maximum Gasteiger partial charge on any atom is 0.251 e. The molecule has 1 amide bonds. The number of carbonyl (C=O) groups is 1. The molecule has 1 saturated carbocycles. The minimum absolute atomic E-state index is 0.00399. The first-order valence-corrected chi connectivity index (χ1v) is 8.98. The van der Waals surface area contributed by atoms with E-state index in [-0.39, 0.29) is 11.9 Å². The van der Waals surface area contributed by atoms with E-state index < -0.39 is 6.10 Å². The Labute approximate surface area is 147 Å². The van der Waals surface area contributed by atoms with Gasteiger partial charge in [-0.25, -0.2) is 4.98 Å². The number of benzene rings is 1. The number of carbonyl (C=O) groups excluding carboxylic acids is 1. The van der Waals surface area contributed by atoms with Crippen LogP contribution in [0.25, 0.3) is 0 Å². The van der Waals surface area contributed by atoms with Gasteiger partial charge in [-0.2, -0.15) is 0 Å². The van der Waals surface area contributed by atoms with Crippen molar-refractivity contribution < 1.29 is 9.53 Å². The molecule has 0 radical (unpaired) electrons. The van der Waals surface area contributed by atoms with Gasteiger partial charge in [0.25, 0.3) is 5.91 Å². The van der Waals surface area contributed by atoms with Crippen LogP contribution in [-0.4, -0.2) is 52.2 Å². The Bertz CT molecular complexity index is 685. The van der Waals surface area contributed by atoms with E-state index in [0.29, 0.717) is 25.7 Å². The quantitative estimate of drug-likeness (QED) is 0.868. The maximum atomic E-state index is 12.8. The van der Waals surface area contributed by atoms with E-state index in [4.69, 9.17) is 4.74 Å². The van der Waals surface area contributed by atoms with Crippen molar-refractivity contribution in [2.24, 2.45) is 0 Å². The standard InChI is InChI=1S/C19H24N4O2/c24-19(21-9-11-22-10-8-20-14-22)18-17(15-4-2-1-3-5-15)23(12-13-25-18)16-6-7-16/h1-5,8,10,14,16-18H,6-7,9,11-13H2,(H,21,24)/t17-,18+/m0/s1. The van der Waals surface area contributed by atoms with Gasteiger partial charge >= 0.3 is 0 Å². The predicted molar refractivity (Wildman–Crippen MR) is 93.9 cm³/mol. The van der Waals surface area contributed by atoms with Crippen LogP contribution in [0.15, 0.2) is 49.1 Å². The minimum Gasteiger partial charge on any atom is -0.365 e. The summed E-state index contributed by atoms with van der Waals surface area (Å²) in [5.74, 6) is -0.0284. The zero-order valence-corrected chi connectivity index (χ0v) is 14.3. The number of amides is 1. The van der Waals surface area contributed by atoms with E-state index in [9.17, 15) is 4.79 Å². The van der Waals surface area contributed by atoms with Crippen LogP contribution < -0.4 is 5.32 Å². The maximum absolute atomic E-state index is 12.8. The van der Waals surface area contributed by atoms with Gasteiger partial charge in [-0.05, 0) is 18.4 Å². The lowest BCUT2D eigenvalue weighted by Gasteiger charge is -2.41. The van der Waals surface area contributed by atoms with Crippen molar-refractivity contribution in [3.05, 3.63) is 54.6 Å². The van der Waals surface area contributed by atoms with E-state index in [0.717, 1.165) is 12.1 Å². The number of rotatable bonds is 6. The Morgan fingerprint density at radius 2 is 2.12 bits per heavy atom. The van der Waals surface area contributed by atoms with E-state index >= 15 is 0 Å². The molecule has 1 aromatic carbocycles. The number of nitrogens with zero attached hydrogens (tertiary/aromatic N) is 3. The molecule has 4 rings (SSSR count). The summed E-state index contributed by atoms with van der Waals surface area (Å²) in [6, 6.07) is 10.9. The number of hydrogen-bond donors (Lipinski definition) is 1. The van der Waals surface area contributed by atoms with E-state index in [1.165, 1.54) is 12.8 Å². The van der Waals surface area contributed by atoms with Crippen LogP contribution in [0.3, 0.4) is 0 Å². The molecule has 1 aliphatic heterocycles. The van der Waals surface area contributed by atoms with Crippen LogP contribution >= 0.6 is 0 Å². The number of morpholine rings is 1. The average Bonchev–Trinajstić information content (AvgIpc) is 3.38. The van der Waals surface area contributed by atoms with Gasteiger partial charge in [-0.1, -0.05) is 30.3 Å². The molecule has 132 valence electrons. The molecule has 0 bridgehead atoms. The lowest BCUT2D eigenvalue weighted by atomic mass is 9.97. The molecule has 2 heterocycles. The van der Waals surface area contributed by atoms with Gasteiger partial charge in [0.15, 0.2) is 6.10 Å². The molecule has 2 fully saturated rings. The van der Waals surface area contributed by atoms with Gasteiger partial charge in [0.05, 0.1) is 19.0 Å². The highest BCUT2D eigenvalue weighted by atomic mass is 16.5. The Balaban J connectivity index is 1.46. The summed E-state index contributed by atoms with van der Waals surface area (Å²) in [7, 11) is 0. The zero-order valence-electron chi connectivity index (χ0n) is 14.3. The SMILES string of the molecule is O=C(NCCn1ccnc1)[C@@H]1OCCN(C2CC2)[C@H]1c1ccccc1. The van der Waals surface area contributed by atoms with Crippen LogP contribution in [0.1, 0.15) is 24.4 Å². The van der Waals surface area contributed by atoms with Crippen LogP contribution in [0.4, 0.5) is 0 Å². The van der Waals surface area contributed by atoms with Gasteiger partial charge < -0.3 is 14.6 Å². The van der Waals surface area contributed by atoms with Crippen LogP contribution in [-0.2, 0) is 16.1 Å². The summed E-state index contributed by atoms with van der Waals surface area (Å²) >= 11 is 0. The number of ether oxygens (including phenoxy) is 1. The fourth-order valence-corrected chi connectivity index (χ4v) is 3.57. The van der Waals surface area contributed by atoms with Crippen LogP contribution in [0, 0.1) is 0 Å². The van der Waals surface area contributed by atoms with Crippen molar-refractivity contribution in [3.63, 3.8) is 0 Å². The molecule has 1 N–H and O–H groups in total. The second kappa shape index (κ2) is 7.37. The Kier molecular flexibility index (Phi) is 4.81. The Morgan fingerprint density at radius 3 is 2.84 bits per heavy atom. The third-order valence-electron chi connectivity index (χ3n) is 4.93. The van der Waals surface area contributed by atoms with E-state index in [1.54, 1.807) is 12.5 Å². The molecule has 1 aliphatic carbocycles. The summed E-state index contributed by atoms with van der Waals surface area (Å²) in [4.78, 5) is 19.3. The Hall–Kier alpha value is -2.18. The van der Waals surface area contributed by atoms with Gasteiger partial charge in [-0.3, -0.25) is 9.69 Å². The minimum atomic E-state index is -0.459. The monoisotopic (exact) mass is 340 g/mol. The molecular weight excluding hydrogens is 316 g/mol. The summed E-state index contributed by atoms with van der Waals surface area (Å²) in [5.41, 5.74) is 1.16. The zero-order chi connectivity index (χ0) is 17.1. The molecule has 0 spiro atoms. The predicted octanol–water partition coefficient (Wildman–Crippen LogP) is 1.60. The molecule has 1 aromatic heterocycles. The van der Waals surface area contributed by atoms with Crippen molar-refractivity contribution >= 4 is 5.91 Å².